The van der Waals surface area contributed by atoms with Gasteiger partial charge in [-0.05, 0) is 55.3 Å². The Morgan fingerprint density at radius 2 is 1.88 bits per heavy atom. The van der Waals surface area contributed by atoms with E-state index >= 15 is 0 Å². The second kappa shape index (κ2) is 6.41. The number of sulfonamides is 1. The van der Waals surface area contributed by atoms with Crippen LogP contribution in [0, 0.1) is 5.82 Å². The summed E-state index contributed by atoms with van der Waals surface area (Å²) in [5, 5.41) is -0.0741. The SMILES string of the molecule is O=S(=O)(Nc1ccc(Cl)c(F)c1)c1ccc(-c2cnc(C3CC3)o2)cc1. The Balaban J connectivity index is 1.55. The Bertz CT molecular complexity index is 1060. The summed E-state index contributed by atoms with van der Waals surface area (Å²) in [6.07, 6.45) is 3.83. The predicted octanol–water partition coefficient (Wildman–Crippen LogP) is 4.81. The van der Waals surface area contributed by atoms with Crippen LogP contribution in [-0.2, 0) is 10.0 Å². The summed E-state index contributed by atoms with van der Waals surface area (Å²) >= 11 is 5.60. The van der Waals surface area contributed by atoms with Crippen LogP contribution in [-0.4, -0.2) is 13.4 Å². The van der Waals surface area contributed by atoms with Crippen molar-refractivity contribution in [1.29, 1.82) is 0 Å². The van der Waals surface area contributed by atoms with Crippen LogP contribution >= 0.6 is 11.6 Å². The molecule has 0 amide bonds. The van der Waals surface area contributed by atoms with E-state index < -0.39 is 15.8 Å². The molecular formula is C18H14ClFN2O3S. The van der Waals surface area contributed by atoms with E-state index in [1.807, 2.05) is 0 Å². The molecule has 1 heterocycles. The molecule has 2 aromatic carbocycles. The van der Waals surface area contributed by atoms with Crippen molar-refractivity contribution in [2.45, 2.75) is 23.7 Å². The van der Waals surface area contributed by atoms with Gasteiger partial charge in [0.1, 0.15) is 5.82 Å². The average Bonchev–Trinajstić information content (AvgIpc) is 3.35. The summed E-state index contributed by atoms with van der Waals surface area (Å²) in [4.78, 5) is 4.31. The third-order valence-electron chi connectivity index (χ3n) is 4.07. The van der Waals surface area contributed by atoms with Crippen molar-refractivity contribution in [2.24, 2.45) is 0 Å². The summed E-state index contributed by atoms with van der Waals surface area (Å²) in [6.45, 7) is 0. The van der Waals surface area contributed by atoms with Gasteiger partial charge in [-0.1, -0.05) is 11.6 Å². The molecule has 1 aromatic heterocycles. The molecule has 0 aliphatic heterocycles. The Morgan fingerprint density at radius 3 is 2.54 bits per heavy atom. The second-order valence-electron chi connectivity index (χ2n) is 6.10. The third-order valence-corrected chi connectivity index (χ3v) is 5.77. The molecule has 0 unspecified atom stereocenters. The summed E-state index contributed by atoms with van der Waals surface area (Å²) in [7, 11) is -3.85. The maximum Gasteiger partial charge on any atom is 0.261 e. The van der Waals surface area contributed by atoms with E-state index in [-0.39, 0.29) is 15.6 Å². The smallest absolute Gasteiger partial charge is 0.261 e. The molecule has 0 atom stereocenters. The van der Waals surface area contributed by atoms with Crippen molar-refractivity contribution in [1.82, 2.24) is 4.98 Å². The number of anilines is 1. The van der Waals surface area contributed by atoms with Crippen molar-refractivity contribution < 1.29 is 17.2 Å². The second-order valence-corrected chi connectivity index (χ2v) is 8.19. The zero-order valence-corrected chi connectivity index (χ0v) is 15.0. The number of halogens is 2. The molecule has 1 fully saturated rings. The normalized spacial score (nSPS) is 14.4. The fraction of sp³-hybridized carbons (Fsp3) is 0.167. The lowest BCUT2D eigenvalue weighted by atomic mass is 10.2. The van der Waals surface area contributed by atoms with Crippen LogP contribution in [0.3, 0.4) is 0 Å². The van der Waals surface area contributed by atoms with Gasteiger partial charge in [0.2, 0.25) is 0 Å². The molecule has 0 spiro atoms. The lowest BCUT2D eigenvalue weighted by Gasteiger charge is -2.09. The fourth-order valence-corrected chi connectivity index (χ4v) is 3.68. The molecule has 8 heteroatoms. The summed E-state index contributed by atoms with van der Waals surface area (Å²) in [5.74, 6) is 1.04. The molecule has 1 aliphatic rings. The van der Waals surface area contributed by atoms with Gasteiger partial charge in [0, 0.05) is 11.5 Å². The van der Waals surface area contributed by atoms with E-state index in [1.165, 1.54) is 24.3 Å². The summed E-state index contributed by atoms with van der Waals surface area (Å²) in [5.41, 5.74) is 0.834. The van der Waals surface area contributed by atoms with Crippen LogP contribution in [0.5, 0.6) is 0 Å². The molecule has 1 aliphatic carbocycles. The Hall–Kier alpha value is -2.38. The van der Waals surface area contributed by atoms with Gasteiger partial charge in [-0.3, -0.25) is 4.72 Å². The molecule has 134 valence electrons. The van der Waals surface area contributed by atoms with E-state index in [4.69, 9.17) is 16.0 Å². The summed E-state index contributed by atoms with van der Waals surface area (Å²) < 4.78 is 46.4. The van der Waals surface area contributed by atoms with Gasteiger partial charge < -0.3 is 4.42 Å². The van der Waals surface area contributed by atoms with Gasteiger partial charge >= 0.3 is 0 Å². The highest BCUT2D eigenvalue weighted by Crippen LogP contribution is 2.40. The molecule has 1 saturated carbocycles. The minimum Gasteiger partial charge on any atom is -0.440 e. The quantitative estimate of drug-likeness (QED) is 0.676. The molecule has 0 saturated heterocycles. The van der Waals surface area contributed by atoms with Crippen LogP contribution in [0.1, 0.15) is 24.7 Å². The van der Waals surface area contributed by atoms with Crippen molar-refractivity contribution in [3.63, 3.8) is 0 Å². The van der Waals surface area contributed by atoms with E-state index in [0.29, 0.717) is 11.7 Å². The fourth-order valence-electron chi connectivity index (χ4n) is 2.51. The van der Waals surface area contributed by atoms with Crippen molar-refractivity contribution in [3.05, 3.63) is 65.4 Å². The first-order valence-electron chi connectivity index (χ1n) is 7.96. The molecule has 0 bridgehead atoms. The van der Waals surface area contributed by atoms with Gasteiger partial charge in [0.15, 0.2) is 11.7 Å². The minimum absolute atomic E-state index is 0.0542. The monoisotopic (exact) mass is 392 g/mol. The maximum absolute atomic E-state index is 13.5. The minimum atomic E-state index is -3.85. The largest absolute Gasteiger partial charge is 0.440 e. The lowest BCUT2D eigenvalue weighted by Crippen LogP contribution is -2.13. The highest BCUT2D eigenvalue weighted by molar-refractivity contribution is 7.92. The van der Waals surface area contributed by atoms with Crippen molar-refractivity contribution in [2.75, 3.05) is 4.72 Å². The Labute approximate surface area is 154 Å². The Morgan fingerprint density at radius 1 is 1.15 bits per heavy atom. The standard InChI is InChI=1S/C18H14ClFN2O3S/c19-15-8-5-13(9-16(15)20)22-26(23,24)14-6-3-11(4-7-14)17-10-21-18(25-17)12-1-2-12/h3-10,12,22H,1-2H2. The van der Waals surface area contributed by atoms with E-state index in [9.17, 15) is 12.8 Å². The van der Waals surface area contributed by atoms with Gasteiger partial charge in [-0.2, -0.15) is 0 Å². The number of nitrogens with zero attached hydrogens (tertiary/aromatic N) is 1. The third kappa shape index (κ3) is 3.45. The number of hydrogen-bond acceptors (Lipinski definition) is 4. The van der Waals surface area contributed by atoms with Crippen LogP contribution in [0.15, 0.2) is 58.0 Å². The van der Waals surface area contributed by atoms with E-state index in [1.54, 1.807) is 18.3 Å². The Kier molecular flexibility index (Phi) is 4.20. The van der Waals surface area contributed by atoms with Gasteiger partial charge in [0.25, 0.3) is 10.0 Å². The molecule has 3 aromatic rings. The van der Waals surface area contributed by atoms with Crippen molar-refractivity contribution >= 4 is 27.3 Å². The average molecular weight is 393 g/mol. The zero-order chi connectivity index (χ0) is 18.3. The first kappa shape index (κ1) is 17.1. The number of oxazole rings is 1. The number of aromatic nitrogens is 1. The van der Waals surface area contributed by atoms with Gasteiger partial charge in [-0.25, -0.2) is 17.8 Å². The summed E-state index contributed by atoms with van der Waals surface area (Å²) in [6, 6.07) is 9.93. The molecule has 1 N–H and O–H groups in total. The maximum atomic E-state index is 13.5. The first-order chi connectivity index (χ1) is 12.4. The predicted molar refractivity (Wildman–Crippen MR) is 96.1 cm³/mol. The number of hydrogen-bond donors (Lipinski definition) is 1. The van der Waals surface area contributed by atoms with Gasteiger partial charge in [0.05, 0.1) is 21.8 Å². The van der Waals surface area contributed by atoms with E-state index in [0.717, 1.165) is 30.4 Å². The number of benzene rings is 2. The topological polar surface area (TPSA) is 72.2 Å². The van der Waals surface area contributed by atoms with Crippen LogP contribution in [0.25, 0.3) is 11.3 Å². The first-order valence-corrected chi connectivity index (χ1v) is 9.82. The highest BCUT2D eigenvalue weighted by atomic mass is 35.5. The van der Waals surface area contributed by atoms with Crippen LogP contribution in [0.2, 0.25) is 5.02 Å². The molecular weight excluding hydrogens is 379 g/mol. The van der Waals surface area contributed by atoms with Crippen LogP contribution < -0.4 is 4.72 Å². The zero-order valence-electron chi connectivity index (χ0n) is 13.4. The van der Waals surface area contributed by atoms with Crippen molar-refractivity contribution in [3.8, 4) is 11.3 Å². The lowest BCUT2D eigenvalue weighted by molar-refractivity contribution is 0.509. The molecule has 4 rings (SSSR count). The number of rotatable bonds is 5. The molecule has 26 heavy (non-hydrogen) atoms. The molecule has 0 radical (unpaired) electrons. The van der Waals surface area contributed by atoms with Gasteiger partial charge in [-0.15, -0.1) is 0 Å². The number of nitrogens with one attached hydrogen (secondary N) is 1. The van der Waals surface area contributed by atoms with Crippen LogP contribution in [0.4, 0.5) is 10.1 Å². The van der Waals surface area contributed by atoms with E-state index in [2.05, 4.69) is 9.71 Å². The highest BCUT2D eigenvalue weighted by Gasteiger charge is 2.28. The molecule has 5 nitrogen and oxygen atoms in total.